The van der Waals surface area contributed by atoms with Gasteiger partial charge in [-0.05, 0) is 48.7 Å². The third-order valence-electron chi connectivity index (χ3n) is 7.99. The molecule has 1 fully saturated rings. The molecular weight excluding hydrogens is 579 g/mol. The molecule has 4 heterocycles. The number of piperazine rings is 1. The summed E-state index contributed by atoms with van der Waals surface area (Å²) in [6.07, 6.45) is 2.87. The smallest absolute Gasteiger partial charge is 0.354 e. The maximum Gasteiger partial charge on any atom is 0.354 e. The second-order valence-electron chi connectivity index (χ2n) is 10.9. The number of aryl methyl sites for hydroxylation is 1. The van der Waals surface area contributed by atoms with Gasteiger partial charge in [-0.2, -0.15) is 4.98 Å². The van der Waals surface area contributed by atoms with Crippen LogP contribution in [0.1, 0.15) is 31.0 Å². The number of aromatic hydroxyl groups is 1. The standard InChI is InChI=1S/C31H28F3N5O3S/c1-5-22(41)37-10-11-38-17(13-37)14-43-29-24-20(12-18(25(29)33)23-21(40)7-6-19(32)26(23)34)39(31(42)36-30(24)38)28-16(4)8-9-35-27(28)15(2)3/h5-9,12,15,17,40H,1,10-11,13-14H2,2-4H3. The maximum absolute atomic E-state index is 16.6. The molecule has 1 unspecified atom stereocenters. The molecule has 6 rings (SSSR count). The van der Waals surface area contributed by atoms with Gasteiger partial charge in [-0.15, -0.1) is 11.8 Å². The molecule has 0 aliphatic carbocycles. The van der Waals surface area contributed by atoms with E-state index in [2.05, 4.69) is 16.5 Å². The lowest BCUT2D eigenvalue weighted by Gasteiger charge is -2.41. The summed E-state index contributed by atoms with van der Waals surface area (Å²) in [5.41, 5.74) is 0.267. The van der Waals surface area contributed by atoms with Crippen LogP contribution >= 0.6 is 11.8 Å². The second-order valence-corrected chi connectivity index (χ2v) is 12.0. The number of fused-ring (bicyclic) bond motifs is 2. The Bertz CT molecular complexity index is 1890. The van der Waals surface area contributed by atoms with Crippen molar-refractivity contribution in [2.24, 2.45) is 0 Å². The quantitative estimate of drug-likeness (QED) is 0.315. The molecule has 4 aromatic rings. The molecule has 43 heavy (non-hydrogen) atoms. The fraction of sp³-hybridized carbons (Fsp3) is 0.290. The zero-order valence-corrected chi connectivity index (χ0v) is 24.5. The Morgan fingerprint density at radius 1 is 1.19 bits per heavy atom. The minimum Gasteiger partial charge on any atom is -0.507 e. The average Bonchev–Trinajstić information content (AvgIpc) is 3.14. The van der Waals surface area contributed by atoms with Gasteiger partial charge in [-0.3, -0.25) is 14.3 Å². The van der Waals surface area contributed by atoms with Gasteiger partial charge in [0.2, 0.25) is 5.91 Å². The van der Waals surface area contributed by atoms with Crippen LogP contribution in [0.15, 0.2) is 52.8 Å². The number of halogens is 3. The zero-order chi connectivity index (χ0) is 30.7. The number of hydrogen-bond donors (Lipinski definition) is 1. The number of hydrogen-bond acceptors (Lipinski definition) is 7. The van der Waals surface area contributed by atoms with Crippen LogP contribution in [0.2, 0.25) is 0 Å². The number of anilines is 1. The molecule has 1 N–H and O–H groups in total. The van der Waals surface area contributed by atoms with E-state index in [0.717, 1.165) is 23.9 Å². The number of pyridine rings is 1. The SMILES string of the molecule is C=CC(=O)N1CCN2c3nc(=O)n(-c4c(C)ccnc4C(C)C)c4cc(-c5c(O)ccc(F)c5F)c(F)c(c34)SCC2C1. The first-order valence-electron chi connectivity index (χ1n) is 13.8. The molecule has 1 amide bonds. The third kappa shape index (κ3) is 4.55. The van der Waals surface area contributed by atoms with Crippen molar-refractivity contribution in [3.05, 3.63) is 82.3 Å². The summed E-state index contributed by atoms with van der Waals surface area (Å²) in [5, 5.41) is 10.9. The van der Waals surface area contributed by atoms with Crippen LogP contribution in [0.4, 0.5) is 19.0 Å². The summed E-state index contributed by atoms with van der Waals surface area (Å²) in [6, 6.07) is 4.41. The Balaban J connectivity index is 1.72. The van der Waals surface area contributed by atoms with Gasteiger partial charge in [0.05, 0.1) is 38.8 Å². The Kier molecular flexibility index (Phi) is 7.19. The summed E-state index contributed by atoms with van der Waals surface area (Å²) in [4.78, 5) is 39.1. The molecule has 12 heteroatoms. The van der Waals surface area contributed by atoms with Crippen molar-refractivity contribution in [3.8, 4) is 22.6 Å². The lowest BCUT2D eigenvalue weighted by molar-refractivity contribution is -0.126. The van der Waals surface area contributed by atoms with Crippen molar-refractivity contribution in [1.29, 1.82) is 0 Å². The Hall–Kier alpha value is -4.32. The molecule has 0 spiro atoms. The average molecular weight is 608 g/mol. The highest BCUT2D eigenvalue weighted by atomic mass is 32.2. The van der Waals surface area contributed by atoms with Crippen molar-refractivity contribution < 1.29 is 23.1 Å². The number of rotatable bonds is 4. The Labute approximate surface area is 249 Å². The summed E-state index contributed by atoms with van der Waals surface area (Å²) in [7, 11) is 0. The van der Waals surface area contributed by atoms with Gasteiger partial charge < -0.3 is 14.9 Å². The lowest BCUT2D eigenvalue weighted by Crippen LogP contribution is -2.56. The molecule has 0 saturated carbocycles. The van der Waals surface area contributed by atoms with Gasteiger partial charge in [0, 0.05) is 37.1 Å². The minimum atomic E-state index is -1.41. The Morgan fingerprint density at radius 2 is 1.95 bits per heavy atom. The minimum absolute atomic E-state index is 0.0791. The van der Waals surface area contributed by atoms with Crippen LogP contribution < -0.4 is 10.6 Å². The van der Waals surface area contributed by atoms with E-state index in [-0.39, 0.29) is 34.1 Å². The van der Waals surface area contributed by atoms with Crippen LogP contribution in [-0.2, 0) is 4.79 Å². The van der Waals surface area contributed by atoms with E-state index in [1.807, 2.05) is 25.7 Å². The zero-order valence-electron chi connectivity index (χ0n) is 23.7. The highest BCUT2D eigenvalue weighted by Gasteiger charge is 2.37. The van der Waals surface area contributed by atoms with Gasteiger partial charge in [0.15, 0.2) is 11.6 Å². The number of carbonyl (C=O) groups excluding carboxylic acids is 1. The predicted octanol–water partition coefficient (Wildman–Crippen LogP) is 5.31. The van der Waals surface area contributed by atoms with E-state index in [0.29, 0.717) is 47.7 Å². The van der Waals surface area contributed by atoms with Crippen LogP contribution in [0.3, 0.4) is 0 Å². The van der Waals surface area contributed by atoms with E-state index in [1.54, 1.807) is 17.2 Å². The molecule has 2 aromatic carbocycles. The largest absolute Gasteiger partial charge is 0.507 e. The molecular formula is C31H28F3N5O3S. The highest BCUT2D eigenvalue weighted by Crippen LogP contribution is 2.46. The molecule has 2 aliphatic rings. The van der Waals surface area contributed by atoms with Crippen LogP contribution in [-0.4, -0.2) is 61.9 Å². The fourth-order valence-corrected chi connectivity index (χ4v) is 7.14. The normalized spacial score (nSPS) is 16.4. The highest BCUT2D eigenvalue weighted by molar-refractivity contribution is 7.99. The summed E-state index contributed by atoms with van der Waals surface area (Å²) in [5.74, 6) is -3.99. The first-order chi connectivity index (χ1) is 20.5. The number of carbonyl (C=O) groups is 1. The Morgan fingerprint density at radius 3 is 2.67 bits per heavy atom. The molecule has 2 aliphatic heterocycles. The summed E-state index contributed by atoms with van der Waals surface area (Å²) in [6.45, 7) is 10.2. The number of amides is 1. The van der Waals surface area contributed by atoms with E-state index in [9.17, 15) is 19.1 Å². The van der Waals surface area contributed by atoms with E-state index < -0.39 is 40.0 Å². The van der Waals surface area contributed by atoms with Crippen molar-refractivity contribution in [3.63, 3.8) is 0 Å². The molecule has 222 valence electrons. The number of phenolic OH excluding ortho intramolecular Hbond substituents is 1. The number of nitrogens with zero attached hydrogens (tertiary/aromatic N) is 5. The molecule has 8 nitrogen and oxygen atoms in total. The topological polar surface area (TPSA) is 91.6 Å². The van der Waals surface area contributed by atoms with E-state index in [1.165, 1.54) is 16.7 Å². The summed E-state index contributed by atoms with van der Waals surface area (Å²) >= 11 is 1.14. The number of thioether (sulfide) groups is 1. The van der Waals surface area contributed by atoms with Crippen LogP contribution in [0.5, 0.6) is 5.75 Å². The predicted molar refractivity (Wildman–Crippen MR) is 160 cm³/mol. The number of aromatic nitrogens is 3. The van der Waals surface area contributed by atoms with Crippen molar-refractivity contribution in [2.45, 2.75) is 37.6 Å². The number of phenols is 1. The van der Waals surface area contributed by atoms with E-state index in [4.69, 9.17) is 0 Å². The molecule has 1 saturated heterocycles. The first-order valence-corrected chi connectivity index (χ1v) is 14.7. The molecule has 2 aromatic heterocycles. The van der Waals surface area contributed by atoms with Crippen molar-refractivity contribution in [1.82, 2.24) is 19.4 Å². The fourth-order valence-electron chi connectivity index (χ4n) is 5.92. The summed E-state index contributed by atoms with van der Waals surface area (Å²) < 4.78 is 47.6. The third-order valence-corrected chi connectivity index (χ3v) is 9.21. The second kappa shape index (κ2) is 10.7. The molecule has 0 radical (unpaired) electrons. The van der Waals surface area contributed by atoms with Gasteiger partial charge in [0.1, 0.15) is 17.4 Å². The lowest BCUT2D eigenvalue weighted by atomic mass is 9.99. The van der Waals surface area contributed by atoms with E-state index >= 15 is 8.78 Å². The number of benzene rings is 2. The maximum atomic E-state index is 16.6. The first kappa shape index (κ1) is 28.8. The van der Waals surface area contributed by atoms with Crippen molar-refractivity contribution >= 4 is 34.4 Å². The van der Waals surface area contributed by atoms with Gasteiger partial charge in [0.25, 0.3) is 0 Å². The molecule has 0 bridgehead atoms. The molecule has 1 atom stereocenters. The van der Waals surface area contributed by atoms with Gasteiger partial charge in [-0.1, -0.05) is 20.4 Å². The van der Waals surface area contributed by atoms with Crippen LogP contribution in [0, 0.1) is 24.4 Å². The van der Waals surface area contributed by atoms with Gasteiger partial charge in [-0.25, -0.2) is 18.0 Å². The van der Waals surface area contributed by atoms with Gasteiger partial charge >= 0.3 is 5.69 Å². The van der Waals surface area contributed by atoms with Crippen LogP contribution in [0.25, 0.3) is 27.7 Å². The van der Waals surface area contributed by atoms with Crippen molar-refractivity contribution in [2.75, 3.05) is 30.3 Å². The monoisotopic (exact) mass is 607 g/mol.